The maximum absolute atomic E-state index is 12.3. The van der Waals surface area contributed by atoms with Crippen molar-refractivity contribution in [2.24, 2.45) is 5.73 Å². The number of carbonyl (C=O) groups is 1. The summed E-state index contributed by atoms with van der Waals surface area (Å²) in [6.45, 7) is 1.34. The van der Waals surface area contributed by atoms with Gasteiger partial charge in [-0.15, -0.1) is 12.4 Å². The van der Waals surface area contributed by atoms with Crippen LogP contribution in [0.3, 0.4) is 0 Å². The quantitative estimate of drug-likeness (QED) is 0.818. The Kier molecular flexibility index (Phi) is 8.33. The fourth-order valence-corrected chi connectivity index (χ4v) is 2.39. The van der Waals surface area contributed by atoms with Crippen molar-refractivity contribution >= 4 is 18.3 Å². The SMILES string of the molecule is COCc1cccc(CNC(=O)C(CN)c2ccccc2)c1.Cl. The highest BCUT2D eigenvalue weighted by Crippen LogP contribution is 2.14. The molecule has 2 aromatic carbocycles. The first-order valence-electron chi connectivity index (χ1n) is 7.34. The van der Waals surface area contributed by atoms with Gasteiger partial charge in [0, 0.05) is 20.2 Å². The van der Waals surface area contributed by atoms with Crippen molar-refractivity contribution in [3.05, 3.63) is 71.3 Å². The number of methoxy groups -OCH3 is 1. The Morgan fingerprint density at radius 3 is 2.48 bits per heavy atom. The molecule has 0 fully saturated rings. The highest BCUT2D eigenvalue weighted by atomic mass is 35.5. The molecule has 1 amide bonds. The molecule has 2 rings (SSSR count). The van der Waals surface area contributed by atoms with Crippen LogP contribution in [0.4, 0.5) is 0 Å². The van der Waals surface area contributed by atoms with Gasteiger partial charge in [0.05, 0.1) is 12.5 Å². The summed E-state index contributed by atoms with van der Waals surface area (Å²) in [7, 11) is 1.67. The number of benzene rings is 2. The van der Waals surface area contributed by atoms with Crippen molar-refractivity contribution in [3.8, 4) is 0 Å². The highest BCUT2D eigenvalue weighted by molar-refractivity contribution is 5.85. The van der Waals surface area contributed by atoms with Crippen LogP contribution in [0.2, 0.25) is 0 Å². The minimum absolute atomic E-state index is 0. The van der Waals surface area contributed by atoms with E-state index in [2.05, 4.69) is 5.32 Å². The molecule has 1 atom stereocenters. The second kappa shape index (κ2) is 10.0. The molecule has 0 spiro atoms. The van der Waals surface area contributed by atoms with Gasteiger partial charge in [-0.1, -0.05) is 54.6 Å². The third-order valence-electron chi connectivity index (χ3n) is 3.52. The largest absolute Gasteiger partial charge is 0.380 e. The fraction of sp³-hybridized carbons (Fsp3) is 0.278. The number of ether oxygens (including phenoxy) is 1. The number of nitrogens with two attached hydrogens (primary N) is 1. The van der Waals surface area contributed by atoms with Crippen LogP contribution in [0.5, 0.6) is 0 Å². The first kappa shape index (κ1) is 19.2. The summed E-state index contributed by atoms with van der Waals surface area (Å²) in [6.07, 6.45) is 0. The van der Waals surface area contributed by atoms with Crippen LogP contribution in [0.25, 0.3) is 0 Å². The molecule has 4 nitrogen and oxygen atoms in total. The van der Waals surface area contributed by atoms with E-state index in [4.69, 9.17) is 10.5 Å². The minimum atomic E-state index is -0.316. The number of halogens is 1. The van der Waals surface area contributed by atoms with Gasteiger partial charge in [-0.25, -0.2) is 0 Å². The zero-order chi connectivity index (χ0) is 15.8. The standard InChI is InChI=1S/C18H22N2O2.ClH/c1-22-13-15-7-5-6-14(10-15)12-20-18(21)17(11-19)16-8-3-2-4-9-16;/h2-10,17H,11-13,19H2,1H3,(H,20,21);1H. The van der Waals surface area contributed by atoms with Gasteiger partial charge in [0.15, 0.2) is 0 Å². The number of hydrogen-bond acceptors (Lipinski definition) is 3. The molecule has 0 aliphatic heterocycles. The van der Waals surface area contributed by atoms with Crippen molar-refractivity contribution < 1.29 is 9.53 Å². The lowest BCUT2D eigenvalue weighted by atomic mass is 9.98. The lowest BCUT2D eigenvalue weighted by Crippen LogP contribution is -2.33. The van der Waals surface area contributed by atoms with Crippen molar-refractivity contribution in [2.45, 2.75) is 19.1 Å². The van der Waals surface area contributed by atoms with Gasteiger partial charge in [-0.05, 0) is 16.7 Å². The Labute approximate surface area is 143 Å². The fourth-order valence-electron chi connectivity index (χ4n) is 2.39. The lowest BCUT2D eigenvalue weighted by Gasteiger charge is -2.15. The summed E-state index contributed by atoms with van der Waals surface area (Å²) < 4.78 is 5.12. The molecule has 0 aliphatic rings. The van der Waals surface area contributed by atoms with E-state index < -0.39 is 0 Å². The van der Waals surface area contributed by atoms with E-state index in [1.54, 1.807) is 7.11 Å². The van der Waals surface area contributed by atoms with E-state index in [1.807, 2.05) is 54.6 Å². The summed E-state index contributed by atoms with van der Waals surface area (Å²) >= 11 is 0. The highest BCUT2D eigenvalue weighted by Gasteiger charge is 2.18. The Morgan fingerprint density at radius 1 is 1.13 bits per heavy atom. The van der Waals surface area contributed by atoms with E-state index in [9.17, 15) is 4.79 Å². The molecular weight excluding hydrogens is 312 g/mol. The minimum Gasteiger partial charge on any atom is -0.380 e. The monoisotopic (exact) mass is 334 g/mol. The van der Waals surface area contributed by atoms with Gasteiger partial charge in [0.25, 0.3) is 0 Å². The van der Waals surface area contributed by atoms with E-state index in [0.29, 0.717) is 19.7 Å². The Balaban J connectivity index is 0.00000264. The zero-order valence-corrected chi connectivity index (χ0v) is 14.0. The van der Waals surface area contributed by atoms with Crippen molar-refractivity contribution in [1.82, 2.24) is 5.32 Å². The van der Waals surface area contributed by atoms with Crippen LogP contribution in [0, 0.1) is 0 Å². The van der Waals surface area contributed by atoms with Crippen LogP contribution < -0.4 is 11.1 Å². The van der Waals surface area contributed by atoms with E-state index in [-0.39, 0.29) is 24.2 Å². The zero-order valence-electron chi connectivity index (χ0n) is 13.2. The van der Waals surface area contributed by atoms with Crippen LogP contribution >= 0.6 is 12.4 Å². The van der Waals surface area contributed by atoms with Gasteiger partial charge in [0.1, 0.15) is 0 Å². The average Bonchev–Trinajstić information content (AvgIpc) is 2.55. The molecule has 0 aromatic heterocycles. The van der Waals surface area contributed by atoms with Crippen molar-refractivity contribution in [3.63, 3.8) is 0 Å². The molecule has 0 radical (unpaired) electrons. The summed E-state index contributed by atoms with van der Waals surface area (Å²) in [5, 5.41) is 2.96. The molecule has 1 unspecified atom stereocenters. The van der Waals surface area contributed by atoms with E-state index >= 15 is 0 Å². The van der Waals surface area contributed by atoms with Crippen LogP contribution in [0.1, 0.15) is 22.6 Å². The lowest BCUT2D eigenvalue weighted by molar-refractivity contribution is -0.122. The van der Waals surface area contributed by atoms with Crippen LogP contribution in [0.15, 0.2) is 54.6 Å². The Hall–Kier alpha value is -1.88. The Morgan fingerprint density at radius 2 is 1.83 bits per heavy atom. The normalized spacial score (nSPS) is 11.4. The summed E-state index contributed by atoms with van der Waals surface area (Å²) in [4.78, 5) is 12.3. The maximum atomic E-state index is 12.3. The number of carbonyl (C=O) groups excluding carboxylic acids is 1. The molecule has 2 aromatic rings. The second-order valence-electron chi connectivity index (χ2n) is 5.17. The molecule has 3 N–H and O–H groups in total. The van der Waals surface area contributed by atoms with Gasteiger partial charge in [0.2, 0.25) is 5.91 Å². The first-order chi connectivity index (χ1) is 10.7. The molecule has 23 heavy (non-hydrogen) atoms. The van der Waals surface area contributed by atoms with E-state index in [0.717, 1.165) is 16.7 Å². The number of rotatable bonds is 7. The predicted molar refractivity (Wildman–Crippen MR) is 94.5 cm³/mol. The molecular formula is C18H23ClN2O2. The number of hydrogen-bond donors (Lipinski definition) is 2. The van der Waals surface area contributed by atoms with Crippen LogP contribution in [-0.4, -0.2) is 19.6 Å². The van der Waals surface area contributed by atoms with Crippen LogP contribution in [-0.2, 0) is 22.7 Å². The van der Waals surface area contributed by atoms with E-state index in [1.165, 1.54) is 0 Å². The molecule has 0 bridgehead atoms. The van der Waals surface area contributed by atoms with Gasteiger partial charge in [-0.2, -0.15) is 0 Å². The first-order valence-corrected chi connectivity index (χ1v) is 7.34. The number of amides is 1. The topological polar surface area (TPSA) is 64.3 Å². The molecule has 0 saturated carbocycles. The third-order valence-corrected chi connectivity index (χ3v) is 3.52. The summed E-state index contributed by atoms with van der Waals surface area (Å²) in [6, 6.07) is 17.6. The van der Waals surface area contributed by atoms with Crippen molar-refractivity contribution in [1.29, 1.82) is 0 Å². The number of nitrogens with one attached hydrogen (secondary N) is 1. The molecule has 0 saturated heterocycles. The van der Waals surface area contributed by atoms with Gasteiger partial charge >= 0.3 is 0 Å². The summed E-state index contributed by atoms with van der Waals surface area (Å²) in [5.74, 6) is -0.366. The second-order valence-corrected chi connectivity index (χ2v) is 5.17. The maximum Gasteiger partial charge on any atom is 0.229 e. The molecule has 0 aliphatic carbocycles. The van der Waals surface area contributed by atoms with Gasteiger partial charge in [-0.3, -0.25) is 4.79 Å². The third kappa shape index (κ3) is 5.67. The molecule has 0 heterocycles. The Bertz CT molecular complexity index is 605. The average molecular weight is 335 g/mol. The molecule has 5 heteroatoms. The van der Waals surface area contributed by atoms with Crippen molar-refractivity contribution in [2.75, 3.05) is 13.7 Å². The molecule has 124 valence electrons. The predicted octanol–water partition coefficient (Wildman–Crippen LogP) is 2.61. The summed E-state index contributed by atoms with van der Waals surface area (Å²) in [5.41, 5.74) is 8.84. The smallest absolute Gasteiger partial charge is 0.229 e. The van der Waals surface area contributed by atoms with Gasteiger partial charge < -0.3 is 15.8 Å².